The molecule has 2 fully saturated rings. The van der Waals surface area contributed by atoms with Crippen molar-refractivity contribution < 1.29 is 4.79 Å². The fourth-order valence-corrected chi connectivity index (χ4v) is 3.65. The normalized spacial score (nSPS) is 18.7. The highest BCUT2D eigenvalue weighted by Gasteiger charge is 2.32. The number of carbonyl (C=O) groups is 1. The molecular formula is C19H29N7O. The Labute approximate surface area is 159 Å². The second kappa shape index (κ2) is 6.74. The van der Waals surface area contributed by atoms with Crippen molar-refractivity contribution in [3.63, 3.8) is 0 Å². The first-order valence-corrected chi connectivity index (χ1v) is 9.86. The third-order valence-corrected chi connectivity index (χ3v) is 5.31. The Hall–Kier alpha value is -2.22. The molecule has 2 aromatic rings. The van der Waals surface area contributed by atoms with E-state index in [9.17, 15) is 4.79 Å². The van der Waals surface area contributed by atoms with E-state index in [1.54, 1.807) is 4.68 Å². The maximum atomic E-state index is 12.8. The van der Waals surface area contributed by atoms with Gasteiger partial charge in [0.2, 0.25) is 5.95 Å². The van der Waals surface area contributed by atoms with Gasteiger partial charge in [-0.1, -0.05) is 0 Å². The van der Waals surface area contributed by atoms with Crippen molar-refractivity contribution >= 4 is 11.9 Å². The number of nitrogens with zero attached hydrogens (tertiary/aromatic N) is 5. The van der Waals surface area contributed by atoms with Crippen LogP contribution in [-0.4, -0.2) is 43.5 Å². The lowest BCUT2D eigenvalue weighted by Gasteiger charge is -2.22. The molecule has 1 saturated carbocycles. The molecule has 1 aliphatic carbocycles. The van der Waals surface area contributed by atoms with Crippen LogP contribution in [0, 0.1) is 0 Å². The van der Waals surface area contributed by atoms with Gasteiger partial charge in [0.05, 0.1) is 5.54 Å². The summed E-state index contributed by atoms with van der Waals surface area (Å²) in [5.74, 6) is 1.94. The van der Waals surface area contributed by atoms with Gasteiger partial charge in [-0.05, 0) is 65.6 Å². The lowest BCUT2D eigenvalue weighted by Crippen LogP contribution is -2.27. The summed E-state index contributed by atoms with van der Waals surface area (Å²) in [5.41, 5.74) is 1.45. The molecule has 0 atom stereocenters. The summed E-state index contributed by atoms with van der Waals surface area (Å²) in [5, 5.41) is 15.4. The van der Waals surface area contributed by atoms with E-state index < -0.39 is 0 Å². The first-order chi connectivity index (χ1) is 12.8. The number of piperidine rings is 1. The number of hydrogen-bond donors (Lipinski definition) is 2. The molecule has 8 heteroatoms. The minimum Gasteiger partial charge on any atom is -0.317 e. The molecule has 1 amide bonds. The van der Waals surface area contributed by atoms with Crippen LogP contribution in [0.4, 0.5) is 5.95 Å². The summed E-state index contributed by atoms with van der Waals surface area (Å²) in [7, 11) is 1.82. The van der Waals surface area contributed by atoms with Crippen LogP contribution < -0.4 is 10.6 Å². The molecule has 8 nitrogen and oxygen atoms in total. The van der Waals surface area contributed by atoms with Gasteiger partial charge in [0.1, 0.15) is 0 Å². The van der Waals surface area contributed by atoms with Gasteiger partial charge in [0.15, 0.2) is 11.5 Å². The minimum atomic E-state index is -0.229. The maximum Gasteiger partial charge on any atom is 0.278 e. The molecule has 0 bridgehead atoms. The van der Waals surface area contributed by atoms with Crippen molar-refractivity contribution in [2.45, 2.75) is 63.8 Å². The molecule has 0 unspecified atom stereocenters. The van der Waals surface area contributed by atoms with E-state index in [0.29, 0.717) is 23.5 Å². The molecule has 0 aromatic carbocycles. The number of hydrogen-bond acceptors (Lipinski definition) is 5. The zero-order valence-corrected chi connectivity index (χ0v) is 16.6. The molecule has 0 radical (unpaired) electrons. The number of aromatic nitrogens is 5. The minimum absolute atomic E-state index is 0.149. The van der Waals surface area contributed by atoms with Crippen LogP contribution in [0.2, 0.25) is 0 Å². The largest absolute Gasteiger partial charge is 0.317 e. The van der Waals surface area contributed by atoms with Crippen molar-refractivity contribution in [1.29, 1.82) is 0 Å². The number of amides is 1. The fourth-order valence-electron chi connectivity index (χ4n) is 3.65. The number of nitrogens with one attached hydrogen (secondary N) is 2. The van der Waals surface area contributed by atoms with Gasteiger partial charge in [0.25, 0.3) is 5.91 Å². The molecule has 146 valence electrons. The number of rotatable bonds is 4. The summed E-state index contributed by atoms with van der Waals surface area (Å²) in [6, 6.07) is 1.93. The van der Waals surface area contributed by atoms with E-state index in [-0.39, 0.29) is 11.4 Å². The van der Waals surface area contributed by atoms with Crippen molar-refractivity contribution in [3.05, 3.63) is 23.3 Å². The third kappa shape index (κ3) is 3.76. The summed E-state index contributed by atoms with van der Waals surface area (Å²) in [4.78, 5) is 17.4. The van der Waals surface area contributed by atoms with Gasteiger partial charge in [-0.3, -0.25) is 14.8 Å². The second-order valence-corrected chi connectivity index (χ2v) is 8.71. The smallest absolute Gasteiger partial charge is 0.278 e. The molecule has 1 aliphatic heterocycles. The van der Waals surface area contributed by atoms with Crippen molar-refractivity contribution in [3.8, 4) is 0 Å². The van der Waals surface area contributed by atoms with Crippen molar-refractivity contribution in [2.75, 3.05) is 18.4 Å². The second-order valence-electron chi connectivity index (χ2n) is 8.71. The highest BCUT2D eigenvalue weighted by atomic mass is 16.2. The Morgan fingerprint density at radius 3 is 2.48 bits per heavy atom. The molecular weight excluding hydrogens is 342 g/mol. The quantitative estimate of drug-likeness (QED) is 0.861. The van der Waals surface area contributed by atoms with Crippen LogP contribution >= 0.6 is 0 Å². The molecule has 0 spiro atoms. The molecule has 2 aromatic heterocycles. The monoisotopic (exact) mass is 371 g/mol. The van der Waals surface area contributed by atoms with E-state index in [1.165, 1.54) is 12.8 Å². The zero-order valence-electron chi connectivity index (χ0n) is 16.6. The van der Waals surface area contributed by atoms with Crippen molar-refractivity contribution in [2.24, 2.45) is 7.05 Å². The van der Waals surface area contributed by atoms with Crippen LogP contribution in [0.1, 0.15) is 80.3 Å². The summed E-state index contributed by atoms with van der Waals surface area (Å²) in [6.45, 7) is 8.31. The first-order valence-electron chi connectivity index (χ1n) is 9.86. The summed E-state index contributed by atoms with van der Waals surface area (Å²) in [6.07, 6.45) is 4.40. The molecule has 2 aliphatic rings. The standard InChI is InChI=1S/C19H29N7O/c1-19(2,3)26-15(12-5-6-12)11-14(23-26)17(27)22-18-21-16(24-25(18)4)13-7-9-20-10-8-13/h11-13,20H,5-10H2,1-4H3,(H,21,22,24,27). The van der Waals surface area contributed by atoms with E-state index in [2.05, 4.69) is 46.6 Å². The third-order valence-electron chi connectivity index (χ3n) is 5.31. The Kier molecular flexibility index (Phi) is 4.53. The molecule has 3 heterocycles. The molecule has 27 heavy (non-hydrogen) atoms. The molecule has 4 rings (SSSR count). The van der Waals surface area contributed by atoms with Gasteiger partial charge in [-0.25, -0.2) is 4.68 Å². The van der Waals surface area contributed by atoms with Crippen LogP contribution in [0.5, 0.6) is 0 Å². The van der Waals surface area contributed by atoms with Crippen LogP contribution in [0.3, 0.4) is 0 Å². The number of carbonyl (C=O) groups excluding carboxylic acids is 1. The maximum absolute atomic E-state index is 12.8. The van der Waals surface area contributed by atoms with E-state index in [0.717, 1.165) is 37.4 Å². The Morgan fingerprint density at radius 2 is 1.85 bits per heavy atom. The van der Waals surface area contributed by atoms with Crippen molar-refractivity contribution in [1.82, 2.24) is 29.9 Å². The lowest BCUT2D eigenvalue weighted by atomic mass is 9.98. The van der Waals surface area contributed by atoms with Crippen LogP contribution in [0.25, 0.3) is 0 Å². The first kappa shape index (κ1) is 18.2. The fraction of sp³-hybridized carbons (Fsp3) is 0.684. The van der Waals surface area contributed by atoms with Gasteiger partial charge in [-0.2, -0.15) is 15.2 Å². The van der Waals surface area contributed by atoms with Gasteiger partial charge in [-0.15, -0.1) is 0 Å². The van der Waals surface area contributed by atoms with Gasteiger partial charge >= 0.3 is 0 Å². The van der Waals surface area contributed by atoms with E-state index in [4.69, 9.17) is 0 Å². The Bertz CT molecular complexity index is 835. The average Bonchev–Trinajstić information content (AvgIpc) is 3.26. The average molecular weight is 371 g/mol. The highest BCUT2D eigenvalue weighted by molar-refractivity contribution is 6.02. The van der Waals surface area contributed by atoms with E-state index in [1.807, 2.05) is 17.8 Å². The highest BCUT2D eigenvalue weighted by Crippen LogP contribution is 2.41. The summed E-state index contributed by atoms with van der Waals surface area (Å²) >= 11 is 0. The zero-order chi connectivity index (χ0) is 19.2. The number of anilines is 1. The van der Waals surface area contributed by atoms with Gasteiger partial charge < -0.3 is 5.32 Å². The summed E-state index contributed by atoms with van der Waals surface area (Å²) < 4.78 is 3.65. The predicted octanol–water partition coefficient (Wildman–Crippen LogP) is 2.36. The SMILES string of the molecule is Cn1nc(C2CCNCC2)nc1NC(=O)c1cc(C2CC2)n(C(C)(C)C)n1. The Morgan fingerprint density at radius 1 is 1.15 bits per heavy atom. The molecule has 2 N–H and O–H groups in total. The van der Waals surface area contributed by atoms with Crippen LogP contribution in [-0.2, 0) is 12.6 Å². The van der Waals surface area contributed by atoms with Gasteiger partial charge in [0, 0.05) is 24.6 Å². The van der Waals surface area contributed by atoms with Crippen LogP contribution in [0.15, 0.2) is 6.07 Å². The number of aryl methyl sites for hydroxylation is 1. The van der Waals surface area contributed by atoms with E-state index >= 15 is 0 Å². The predicted molar refractivity (Wildman–Crippen MR) is 103 cm³/mol. The Balaban J connectivity index is 1.53. The topological polar surface area (TPSA) is 89.7 Å². The molecule has 1 saturated heterocycles. The lowest BCUT2D eigenvalue weighted by molar-refractivity contribution is 0.101.